The molecule has 0 aliphatic rings. The number of nitrogens with zero attached hydrogens (tertiary/aromatic N) is 1. The lowest BCUT2D eigenvalue weighted by atomic mass is 9.83. The lowest BCUT2D eigenvalue weighted by Crippen LogP contribution is -2.16. The van der Waals surface area contributed by atoms with Gasteiger partial charge in [-0.25, -0.2) is 4.39 Å². The maximum absolute atomic E-state index is 13.1. The predicted octanol–water partition coefficient (Wildman–Crippen LogP) is 3.96. The molecule has 1 atom stereocenters. The summed E-state index contributed by atoms with van der Waals surface area (Å²) in [5, 5.41) is 9.15. The fourth-order valence-electron chi connectivity index (χ4n) is 1.35. The summed E-state index contributed by atoms with van der Waals surface area (Å²) in [5.74, 6) is -0.425. The van der Waals surface area contributed by atoms with Gasteiger partial charge in [0, 0.05) is 0 Å². The minimum Gasteiger partial charge on any atom is -0.205 e. The quantitative estimate of drug-likeness (QED) is 0.764. The number of hydrogen-bond acceptors (Lipinski definition) is 1. The van der Waals surface area contributed by atoms with Crippen LogP contribution in [0.3, 0.4) is 0 Å². The Labute approximate surface area is 94.5 Å². The van der Waals surface area contributed by atoms with Crippen LogP contribution in [0.25, 0.3) is 0 Å². The van der Waals surface area contributed by atoms with E-state index in [1.54, 1.807) is 12.1 Å². The molecule has 1 nitrogen and oxygen atoms in total. The Balaban J connectivity index is 3.00. The third-order valence-corrected chi connectivity index (χ3v) is 3.09. The lowest BCUT2D eigenvalue weighted by molar-refractivity contribution is 0.422. The van der Waals surface area contributed by atoms with Crippen molar-refractivity contribution in [1.29, 1.82) is 5.26 Å². The monoisotopic (exact) mass is 225 g/mol. The topological polar surface area (TPSA) is 23.8 Å². The van der Waals surface area contributed by atoms with Crippen LogP contribution in [0.5, 0.6) is 0 Å². The van der Waals surface area contributed by atoms with Crippen molar-refractivity contribution in [3.63, 3.8) is 0 Å². The summed E-state index contributed by atoms with van der Waals surface area (Å²) in [7, 11) is 0. The molecule has 0 aliphatic heterocycles. The molecule has 0 fully saturated rings. The van der Waals surface area contributed by atoms with E-state index in [0.29, 0.717) is 12.0 Å². The number of nitriles is 1. The van der Waals surface area contributed by atoms with Gasteiger partial charge in [-0.05, 0) is 31.4 Å². The molecule has 3 heteroatoms. The zero-order valence-corrected chi connectivity index (χ0v) is 9.61. The van der Waals surface area contributed by atoms with E-state index in [1.807, 2.05) is 13.8 Å². The first-order chi connectivity index (χ1) is 7.02. The van der Waals surface area contributed by atoms with Crippen LogP contribution in [0.1, 0.15) is 25.8 Å². The Bertz CT molecular complexity index is 397. The second-order valence-corrected chi connectivity index (χ2v) is 4.29. The molecule has 0 amide bonds. The Hall–Kier alpha value is -1.07. The van der Waals surface area contributed by atoms with E-state index in [4.69, 9.17) is 16.9 Å². The summed E-state index contributed by atoms with van der Waals surface area (Å²) in [4.78, 5) is 0. The highest BCUT2D eigenvalue weighted by molar-refractivity contribution is 6.31. The van der Waals surface area contributed by atoms with Crippen LogP contribution in [0.2, 0.25) is 5.02 Å². The summed E-state index contributed by atoms with van der Waals surface area (Å²) >= 11 is 5.83. The first kappa shape index (κ1) is 12.0. The van der Waals surface area contributed by atoms with Crippen LogP contribution in [-0.4, -0.2) is 0 Å². The van der Waals surface area contributed by atoms with Crippen molar-refractivity contribution in [3.8, 4) is 6.07 Å². The molecule has 1 unspecified atom stereocenters. The van der Waals surface area contributed by atoms with Crippen LogP contribution >= 0.6 is 11.6 Å². The summed E-state index contributed by atoms with van der Waals surface area (Å²) < 4.78 is 13.1. The fraction of sp³-hybridized carbons (Fsp3) is 0.417. The molecule has 1 aromatic rings. The molecule has 0 aromatic heterocycles. The van der Waals surface area contributed by atoms with Gasteiger partial charge in [0.25, 0.3) is 0 Å². The molecular formula is C12H13ClFN. The van der Waals surface area contributed by atoms with E-state index in [1.165, 1.54) is 6.07 Å². The normalized spacial score (nSPS) is 14.3. The van der Waals surface area contributed by atoms with Gasteiger partial charge in [-0.3, -0.25) is 0 Å². The molecule has 1 rings (SSSR count). The smallest absolute Gasteiger partial charge is 0.142 e. The van der Waals surface area contributed by atoms with E-state index < -0.39 is 11.2 Å². The largest absolute Gasteiger partial charge is 0.205 e. The third-order valence-electron chi connectivity index (χ3n) is 2.66. The van der Waals surface area contributed by atoms with Crippen LogP contribution in [0, 0.1) is 22.6 Å². The zero-order chi connectivity index (χ0) is 11.5. The minimum atomic E-state index is -0.475. The molecule has 0 aliphatic carbocycles. The van der Waals surface area contributed by atoms with E-state index in [0.717, 1.165) is 6.42 Å². The molecule has 80 valence electrons. The van der Waals surface area contributed by atoms with Crippen LogP contribution in [0.4, 0.5) is 4.39 Å². The fourth-order valence-corrected chi connectivity index (χ4v) is 1.54. The van der Waals surface area contributed by atoms with Gasteiger partial charge in [-0.15, -0.1) is 0 Å². The number of hydrogen-bond donors (Lipinski definition) is 0. The van der Waals surface area contributed by atoms with Crippen molar-refractivity contribution in [3.05, 3.63) is 34.6 Å². The van der Waals surface area contributed by atoms with Gasteiger partial charge in [0.2, 0.25) is 0 Å². The number of halogens is 2. The highest BCUT2D eigenvalue weighted by Crippen LogP contribution is 2.30. The van der Waals surface area contributed by atoms with Gasteiger partial charge in [0.1, 0.15) is 5.82 Å². The van der Waals surface area contributed by atoms with Crippen molar-refractivity contribution in [1.82, 2.24) is 0 Å². The maximum Gasteiger partial charge on any atom is 0.142 e. The average Bonchev–Trinajstić information content (AvgIpc) is 2.25. The lowest BCUT2D eigenvalue weighted by Gasteiger charge is -2.19. The molecule has 0 heterocycles. The van der Waals surface area contributed by atoms with Gasteiger partial charge in [0.15, 0.2) is 0 Å². The van der Waals surface area contributed by atoms with Gasteiger partial charge in [-0.2, -0.15) is 5.26 Å². The highest BCUT2D eigenvalue weighted by atomic mass is 35.5. The Morgan fingerprint density at radius 3 is 2.73 bits per heavy atom. The molecule has 0 spiro atoms. The molecule has 0 radical (unpaired) electrons. The molecule has 0 saturated carbocycles. The van der Waals surface area contributed by atoms with Gasteiger partial charge in [-0.1, -0.05) is 30.7 Å². The molecular weight excluding hydrogens is 213 g/mol. The Morgan fingerprint density at radius 2 is 2.20 bits per heavy atom. The first-order valence-corrected chi connectivity index (χ1v) is 5.24. The molecule has 0 bridgehead atoms. The Morgan fingerprint density at radius 1 is 1.53 bits per heavy atom. The summed E-state index contributed by atoms with van der Waals surface area (Å²) in [6.45, 7) is 3.80. The average molecular weight is 226 g/mol. The molecule has 15 heavy (non-hydrogen) atoms. The molecule has 1 aromatic carbocycles. The van der Waals surface area contributed by atoms with Crippen LogP contribution < -0.4 is 0 Å². The van der Waals surface area contributed by atoms with Crippen molar-refractivity contribution < 1.29 is 4.39 Å². The van der Waals surface area contributed by atoms with Crippen molar-refractivity contribution in [2.75, 3.05) is 0 Å². The second kappa shape index (κ2) is 4.63. The molecule has 0 N–H and O–H groups in total. The summed E-state index contributed by atoms with van der Waals surface area (Å²) in [6.07, 6.45) is 1.20. The minimum absolute atomic E-state index is 0.132. The zero-order valence-electron chi connectivity index (χ0n) is 8.85. The summed E-state index contributed by atoms with van der Waals surface area (Å²) in [5.41, 5.74) is 0.222. The van der Waals surface area contributed by atoms with E-state index in [9.17, 15) is 4.39 Å². The SMILES string of the molecule is CCC(C)(C#N)Cc1cccc(F)c1Cl. The third kappa shape index (κ3) is 2.70. The summed E-state index contributed by atoms with van der Waals surface area (Å²) in [6, 6.07) is 6.94. The van der Waals surface area contributed by atoms with E-state index in [-0.39, 0.29) is 5.02 Å². The van der Waals surface area contributed by atoms with Crippen molar-refractivity contribution >= 4 is 11.6 Å². The van der Waals surface area contributed by atoms with Gasteiger partial charge in [0.05, 0.1) is 16.5 Å². The van der Waals surface area contributed by atoms with E-state index >= 15 is 0 Å². The van der Waals surface area contributed by atoms with E-state index in [2.05, 4.69) is 6.07 Å². The van der Waals surface area contributed by atoms with Crippen molar-refractivity contribution in [2.24, 2.45) is 5.41 Å². The second-order valence-electron chi connectivity index (χ2n) is 3.92. The van der Waals surface area contributed by atoms with Gasteiger partial charge < -0.3 is 0 Å². The standard InChI is InChI=1S/C12H13ClFN/c1-3-12(2,8-15)7-9-5-4-6-10(14)11(9)13/h4-6H,3,7H2,1-2H3. The van der Waals surface area contributed by atoms with Gasteiger partial charge >= 0.3 is 0 Å². The predicted molar refractivity (Wildman–Crippen MR) is 59.1 cm³/mol. The molecule has 0 saturated heterocycles. The highest BCUT2D eigenvalue weighted by Gasteiger charge is 2.23. The first-order valence-electron chi connectivity index (χ1n) is 4.86. The number of rotatable bonds is 3. The Kier molecular flexibility index (Phi) is 3.71. The number of benzene rings is 1. The van der Waals surface area contributed by atoms with Crippen LogP contribution in [-0.2, 0) is 6.42 Å². The maximum atomic E-state index is 13.1. The van der Waals surface area contributed by atoms with Crippen LogP contribution in [0.15, 0.2) is 18.2 Å². The van der Waals surface area contributed by atoms with Crippen molar-refractivity contribution in [2.45, 2.75) is 26.7 Å².